The Bertz CT molecular complexity index is 468. The summed E-state index contributed by atoms with van der Waals surface area (Å²) in [7, 11) is 0. The third-order valence-electron chi connectivity index (χ3n) is 1.90. The average molecular weight is 245 g/mol. The van der Waals surface area contributed by atoms with Gasteiger partial charge < -0.3 is 5.73 Å². The van der Waals surface area contributed by atoms with Gasteiger partial charge in [-0.2, -0.15) is 0 Å². The summed E-state index contributed by atoms with van der Waals surface area (Å²) in [6.45, 7) is 0. The van der Waals surface area contributed by atoms with E-state index in [4.69, 9.17) is 5.73 Å². The zero-order chi connectivity index (χ0) is 9.26. The fourth-order valence-corrected chi connectivity index (χ4v) is 1.30. The lowest BCUT2D eigenvalue weighted by Gasteiger charge is -2.00. The Hall–Kier alpha value is -1.32. The second kappa shape index (κ2) is 5.53. The first-order valence-electron chi connectivity index (χ1n) is 3.92. The summed E-state index contributed by atoms with van der Waals surface area (Å²) in [5, 5.41) is 0.929. The third-order valence-corrected chi connectivity index (χ3v) is 1.90. The van der Waals surface area contributed by atoms with Crippen molar-refractivity contribution < 1.29 is 4.79 Å². The number of hydrogen-bond donors (Lipinski definition) is 1. The Morgan fingerprint density at radius 3 is 2.47 bits per heavy atom. The largest absolute Gasteiger partial charge is 0.366 e. The Morgan fingerprint density at radius 1 is 1.13 bits per heavy atom. The maximum Gasteiger partial charge on any atom is 0.250 e. The van der Waals surface area contributed by atoms with E-state index in [1.807, 2.05) is 18.2 Å². The van der Waals surface area contributed by atoms with E-state index in [1.54, 1.807) is 18.3 Å². The second-order valence-electron chi connectivity index (χ2n) is 2.74. The van der Waals surface area contributed by atoms with E-state index in [2.05, 4.69) is 4.98 Å². The molecule has 0 saturated heterocycles. The zero-order valence-electron chi connectivity index (χ0n) is 7.71. The van der Waals surface area contributed by atoms with Crippen molar-refractivity contribution in [2.24, 2.45) is 5.73 Å². The van der Waals surface area contributed by atoms with Crippen molar-refractivity contribution in [3.63, 3.8) is 0 Å². The molecular formula is C10H10Cl2N2O. The number of carbonyl (C=O) groups is 1. The Morgan fingerprint density at radius 2 is 1.80 bits per heavy atom. The standard InChI is InChI=1S/C10H8N2O.2ClH/c11-10(13)8-5-1-3-7-4-2-6-12-9(7)8;;/h1-6H,(H2,11,13);2*1H. The quantitative estimate of drug-likeness (QED) is 0.837. The number of nitrogens with zero attached hydrogens (tertiary/aromatic N) is 1. The minimum atomic E-state index is -0.440. The summed E-state index contributed by atoms with van der Waals surface area (Å²) in [6.07, 6.45) is 1.65. The number of amides is 1. The van der Waals surface area contributed by atoms with Crippen LogP contribution in [0.2, 0.25) is 0 Å². The zero-order valence-corrected chi connectivity index (χ0v) is 9.35. The van der Waals surface area contributed by atoms with Gasteiger partial charge in [-0.15, -0.1) is 24.8 Å². The van der Waals surface area contributed by atoms with Crippen LogP contribution in [0.3, 0.4) is 0 Å². The first-order valence-corrected chi connectivity index (χ1v) is 3.92. The van der Waals surface area contributed by atoms with Crippen LogP contribution in [0.5, 0.6) is 0 Å². The van der Waals surface area contributed by atoms with Gasteiger partial charge >= 0.3 is 0 Å². The predicted molar refractivity (Wildman–Crippen MR) is 64.8 cm³/mol. The Balaban J connectivity index is 0.000000980. The molecule has 2 aromatic rings. The summed E-state index contributed by atoms with van der Waals surface area (Å²) in [5.41, 5.74) is 6.34. The lowest BCUT2D eigenvalue weighted by Crippen LogP contribution is -2.11. The van der Waals surface area contributed by atoms with Crippen LogP contribution in [0, 0.1) is 0 Å². The highest BCUT2D eigenvalue weighted by Gasteiger charge is 2.05. The molecule has 1 heterocycles. The minimum absolute atomic E-state index is 0. The second-order valence-corrected chi connectivity index (χ2v) is 2.74. The molecule has 0 spiro atoms. The molecular weight excluding hydrogens is 235 g/mol. The molecule has 15 heavy (non-hydrogen) atoms. The maximum atomic E-state index is 11.0. The SMILES string of the molecule is Cl.Cl.NC(=O)c1cccc2cccnc12. The molecule has 3 nitrogen and oxygen atoms in total. The van der Waals surface area contributed by atoms with Gasteiger partial charge in [0, 0.05) is 11.6 Å². The van der Waals surface area contributed by atoms with Gasteiger partial charge in [-0.3, -0.25) is 9.78 Å². The summed E-state index contributed by atoms with van der Waals surface area (Å²) >= 11 is 0. The number of nitrogens with two attached hydrogens (primary N) is 1. The molecule has 1 aromatic carbocycles. The van der Waals surface area contributed by atoms with E-state index in [-0.39, 0.29) is 24.8 Å². The smallest absolute Gasteiger partial charge is 0.250 e. The summed E-state index contributed by atoms with van der Waals surface area (Å²) in [6, 6.07) is 9.10. The molecule has 2 rings (SSSR count). The Labute approximate surface area is 99.5 Å². The van der Waals surface area contributed by atoms with E-state index in [9.17, 15) is 4.79 Å². The van der Waals surface area contributed by atoms with Gasteiger partial charge in [-0.05, 0) is 12.1 Å². The van der Waals surface area contributed by atoms with Gasteiger partial charge in [0.1, 0.15) is 0 Å². The van der Waals surface area contributed by atoms with Gasteiger partial charge in [0.05, 0.1) is 11.1 Å². The van der Waals surface area contributed by atoms with Crippen LogP contribution >= 0.6 is 24.8 Å². The number of primary amides is 1. The van der Waals surface area contributed by atoms with Gasteiger partial charge in [0.15, 0.2) is 0 Å². The highest BCUT2D eigenvalue weighted by molar-refractivity contribution is 6.04. The van der Waals surface area contributed by atoms with Crippen molar-refractivity contribution in [3.05, 3.63) is 42.1 Å². The molecule has 0 aliphatic rings. The fourth-order valence-electron chi connectivity index (χ4n) is 1.30. The number of fused-ring (bicyclic) bond motifs is 1. The van der Waals surface area contributed by atoms with E-state index in [0.717, 1.165) is 5.39 Å². The molecule has 1 amide bonds. The third kappa shape index (κ3) is 2.58. The summed E-state index contributed by atoms with van der Waals surface area (Å²) in [5.74, 6) is -0.440. The van der Waals surface area contributed by atoms with Crippen LogP contribution in [-0.4, -0.2) is 10.9 Å². The molecule has 0 bridgehead atoms. The molecule has 80 valence electrons. The molecule has 0 aliphatic heterocycles. The molecule has 0 saturated carbocycles. The minimum Gasteiger partial charge on any atom is -0.366 e. The molecule has 0 radical (unpaired) electrons. The number of benzene rings is 1. The van der Waals surface area contributed by atoms with Crippen molar-refractivity contribution in [1.29, 1.82) is 0 Å². The van der Waals surface area contributed by atoms with Crippen LogP contribution in [0.1, 0.15) is 10.4 Å². The number of pyridine rings is 1. The highest BCUT2D eigenvalue weighted by atomic mass is 35.5. The molecule has 0 fully saturated rings. The fraction of sp³-hybridized carbons (Fsp3) is 0. The van der Waals surface area contributed by atoms with Gasteiger partial charge in [0.25, 0.3) is 5.91 Å². The van der Waals surface area contributed by atoms with Crippen molar-refractivity contribution >= 4 is 41.6 Å². The summed E-state index contributed by atoms with van der Waals surface area (Å²) < 4.78 is 0. The van der Waals surface area contributed by atoms with Crippen LogP contribution in [-0.2, 0) is 0 Å². The molecule has 1 aromatic heterocycles. The topological polar surface area (TPSA) is 56.0 Å². The number of hydrogen-bond acceptors (Lipinski definition) is 2. The summed E-state index contributed by atoms with van der Waals surface area (Å²) in [4.78, 5) is 15.1. The highest BCUT2D eigenvalue weighted by Crippen LogP contribution is 2.14. The van der Waals surface area contributed by atoms with Crippen molar-refractivity contribution in [2.75, 3.05) is 0 Å². The molecule has 0 atom stereocenters. The lowest BCUT2D eigenvalue weighted by atomic mass is 10.1. The first kappa shape index (κ1) is 13.7. The van der Waals surface area contributed by atoms with E-state index >= 15 is 0 Å². The lowest BCUT2D eigenvalue weighted by molar-refractivity contribution is 0.100. The van der Waals surface area contributed by atoms with Gasteiger partial charge in [0.2, 0.25) is 0 Å². The molecule has 0 aliphatic carbocycles. The number of halogens is 2. The van der Waals surface area contributed by atoms with Crippen LogP contribution in [0.15, 0.2) is 36.5 Å². The van der Waals surface area contributed by atoms with Gasteiger partial charge in [-0.1, -0.05) is 18.2 Å². The van der Waals surface area contributed by atoms with Gasteiger partial charge in [-0.25, -0.2) is 0 Å². The van der Waals surface area contributed by atoms with Crippen molar-refractivity contribution in [3.8, 4) is 0 Å². The first-order chi connectivity index (χ1) is 6.29. The normalized spacial score (nSPS) is 8.80. The molecule has 2 N–H and O–H groups in total. The average Bonchev–Trinajstić information content (AvgIpc) is 2.17. The Kier molecular flexibility index (Phi) is 5.05. The van der Waals surface area contributed by atoms with Crippen molar-refractivity contribution in [2.45, 2.75) is 0 Å². The number of carbonyl (C=O) groups excluding carboxylic acids is 1. The van der Waals surface area contributed by atoms with Crippen molar-refractivity contribution in [1.82, 2.24) is 4.98 Å². The molecule has 5 heteroatoms. The number of aromatic nitrogens is 1. The molecule has 0 unspecified atom stereocenters. The van der Waals surface area contributed by atoms with Crippen LogP contribution in [0.25, 0.3) is 10.9 Å². The number of para-hydroxylation sites is 1. The predicted octanol–water partition coefficient (Wildman–Crippen LogP) is 2.18. The van der Waals surface area contributed by atoms with Crippen LogP contribution < -0.4 is 5.73 Å². The monoisotopic (exact) mass is 244 g/mol. The number of rotatable bonds is 1. The van der Waals surface area contributed by atoms with E-state index < -0.39 is 5.91 Å². The van der Waals surface area contributed by atoms with E-state index in [0.29, 0.717) is 11.1 Å². The van der Waals surface area contributed by atoms with E-state index in [1.165, 1.54) is 0 Å². The van der Waals surface area contributed by atoms with Crippen LogP contribution in [0.4, 0.5) is 0 Å². The maximum absolute atomic E-state index is 11.0.